The molecule has 1 aromatic carbocycles. The first-order valence-corrected chi connectivity index (χ1v) is 6.60. The molecule has 0 heterocycles. The smallest absolute Gasteiger partial charge is 0.0586 e. The Morgan fingerprint density at radius 2 is 2.06 bits per heavy atom. The van der Waals surface area contributed by atoms with Crippen molar-refractivity contribution >= 4 is 0 Å². The van der Waals surface area contributed by atoms with E-state index in [0.717, 1.165) is 13.0 Å². The molecule has 2 rings (SSSR count). The van der Waals surface area contributed by atoms with Gasteiger partial charge in [0.2, 0.25) is 0 Å². The summed E-state index contributed by atoms with van der Waals surface area (Å²) in [5.41, 5.74) is 1.42. The number of benzene rings is 1. The normalized spacial score (nSPS) is 26.0. The molecule has 1 aliphatic rings. The van der Waals surface area contributed by atoms with Gasteiger partial charge in [0.25, 0.3) is 0 Å². The van der Waals surface area contributed by atoms with Crippen LogP contribution < -0.4 is 5.32 Å². The van der Waals surface area contributed by atoms with Crippen LogP contribution in [0.5, 0.6) is 0 Å². The summed E-state index contributed by atoms with van der Waals surface area (Å²) in [6.45, 7) is 3.34. The summed E-state index contributed by atoms with van der Waals surface area (Å²) >= 11 is 0. The Kier molecular flexibility index (Phi) is 4.57. The highest BCUT2D eigenvalue weighted by atomic mass is 16.5. The van der Waals surface area contributed by atoms with E-state index in [2.05, 4.69) is 42.6 Å². The minimum absolute atomic E-state index is 0.472. The molecule has 1 saturated carbocycles. The van der Waals surface area contributed by atoms with Crippen molar-refractivity contribution in [3.05, 3.63) is 35.9 Å². The molecule has 3 unspecified atom stereocenters. The van der Waals surface area contributed by atoms with Gasteiger partial charge in [0.05, 0.1) is 6.10 Å². The van der Waals surface area contributed by atoms with Gasteiger partial charge >= 0.3 is 0 Å². The number of methoxy groups -OCH3 is 1. The molecular formula is C15H23NO. The van der Waals surface area contributed by atoms with Gasteiger partial charge in [0.1, 0.15) is 0 Å². The van der Waals surface area contributed by atoms with Crippen molar-refractivity contribution in [1.82, 2.24) is 5.32 Å². The third-order valence-electron chi connectivity index (χ3n) is 3.80. The predicted molar refractivity (Wildman–Crippen MR) is 71.3 cm³/mol. The number of hydrogen-bond donors (Lipinski definition) is 1. The van der Waals surface area contributed by atoms with E-state index in [1.807, 2.05) is 7.11 Å². The van der Waals surface area contributed by atoms with Gasteiger partial charge < -0.3 is 10.1 Å². The third-order valence-corrected chi connectivity index (χ3v) is 3.80. The third kappa shape index (κ3) is 3.55. The fraction of sp³-hybridized carbons (Fsp3) is 0.600. The van der Waals surface area contributed by atoms with E-state index in [1.165, 1.54) is 18.4 Å². The van der Waals surface area contributed by atoms with Gasteiger partial charge in [-0.1, -0.05) is 37.3 Å². The van der Waals surface area contributed by atoms with Crippen molar-refractivity contribution in [2.45, 2.75) is 44.2 Å². The Morgan fingerprint density at radius 1 is 1.29 bits per heavy atom. The molecule has 1 N–H and O–H groups in total. The standard InChI is InChI=1S/C15H23NO/c1-12(13-6-4-3-5-7-13)11-16-14-8-9-15(10-14)17-2/h3-7,12,14-16H,8-11H2,1-2H3. The molecule has 2 heteroatoms. The molecule has 2 nitrogen and oxygen atoms in total. The Hall–Kier alpha value is -0.860. The van der Waals surface area contributed by atoms with Crippen LogP contribution in [0.1, 0.15) is 37.7 Å². The molecular weight excluding hydrogens is 210 g/mol. The van der Waals surface area contributed by atoms with Crippen molar-refractivity contribution in [2.24, 2.45) is 0 Å². The Bertz CT molecular complexity index is 325. The average molecular weight is 233 g/mol. The van der Waals surface area contributed by atoms with Crippen LogP contribution in [0.3, 0.4) is 0 Å². The molecule has 0 spiro atoms. The van der Waals surface area contributed by atoms with Crippen LogP contribution in [0.15, 0.2) is 30.3 Å². The molecule has 1 aromatic rings. The molecule has 0 bridgehead atoms. The second-order valence-electron chi connectivity index (χ2n) is 5.09. The van der Waals surface area contributed by atoms with E-state index in [0.29, 0.717) is 18.1 Å². The lowest BCUT2D eigenvalue weighted by Gasteiger charge is -2.17. The summed E-state index contributed by atoms with van der Waals surface area (Å²) in [5, 5.41) is 3.66. The van der Waals surface area contributed by atoms with E-state index >= 15 is 0 Å². The average Bonchev–Trinajstić information content (AvgIpc) is 2.85. The molecule has 1 aliphatic carbocycles. The first-order chi connectivity index (χ1) is 8.29. The lowest BCUT2D eigenvalue weighted by Crippen LogP contribution is -2.30. The molecule has 94 valence electrons. The van der Waals surface area contributed by atoms with Gasteiger partial charge in [-0.05, 0) is 30.7 Å². The van der Waals surface area contributed by atoms with Gasteiger partial charge in [0, 0.05) is 19.7 Å². The van der Waals surface area contributed by atoms with Crippen LogP contribution >= 0.6 is 0 Å². The summed E-state index contributed by atoms with van der Waals surface area (Å²) in [7, 11) is 1.82. The zero-order valence-electron chi connectivity index (χ0n) is 10.9. The van der Waals surface area contributed by atoms with Gasteiger partial charge in [-0.15, -0.1) is 0 Å². The highest BCUT2D eigenvalue weighted by molar-refractivity contribution is 5.19. The van der Waals surface area contributed by atoms with E-state index in [-0.39, 0.29) is 0 Å². The van der Waals surface area contributed by atoms with Crippen molar-refractivity contribution < 1.29 is 4.74 Å². The summed E-state index contributed by atoms with van der Waals surface area (Å²) < 4.78 is 5.39. The molecule has 0 amide bonds. The SMILES string of the molecule is COC1CCC(NCC(C)c2ccccc2)C1. The van der Waals surface area contributed by atoms with Crippen molar-refractivity contribution in [2.75, 3.05) is 13.7 Å². The number of nitrogens with one attached hydrogen (secondary N) is 1. The Morgan fingerprint density at radius 3 is 2.71 bits per heavy atom. The van der Waals surface area contributed by atoms with Gasteiger partial charge in [0.15, 0.2) is 0 Å². The highest BCUT2D eigenvalue weighted by Crippen LogP contribution is 2.22. The second kappa shape index (κ2) is 6.18. The maximum absolute atomic E-state index is 5.39. The number of rotatable bonds is 5. The lowest BCUT2D eigenvalue weighted by atomic mass is 10.0. The van der Waals surface area contributed by atoms with Crippen molar-refractivity contribution in [3.63, 3.8) is 0 Å². The van der Waals surface area contributed by atoms with Gasteiger partial charge in [-0.3, -0.25) is 0 Å². The molecule has 3 atom stereocenters. The van der Waals surface area contributed by atoms with Crippen LogP contribution in [-0.2, 0) is 4.74 Å². The van der Waals surface area contributed by atoms with Crippen LogP contribution in [0.2, 0.25) is 0 Å². The van der Waals surface area contributed by atoms with Crippen LogP contribution in [0.4, 0.5) is 0 Å². The number of ether oxygens (including phenoxy) is 1. The zero-order valence-corrected chi connectivity index (χ0v) is 10.9. The fourth-order valence-corrected chi connectivity index (χ4v) is 2.58. The van der Waals surface area contributed by atoms with Gasteiger partial charge in [-0.25, -0.2) is 0 Å². The van der Waals surface area contributed by atoms with Crippen LogP contribution in [0, 0.1) is 0 Å². The molecule has 0 aliphatic heterocycles. The first-order valence-electron chi connectivity index (χ1n) is 6.60. The number of hydrogen-bond acceptors (Lipinski definition) is 2. The maximum Gasteiger partial charge on any atom is 0.0586 e. The summed E-state index contributed by atoms with van der Waals surface area (Å²) in [6.07, 6.45) is 4.09. The largest absolute Gasteiger partial charge is 0.381 e. The van der Waals surface area contributed by atoms with Crippen molar-refractivity contribution in [3.8, 4) is 0 Å². The quantitative estimate of drug-likeness (QED) is 0.844. The summed E-state index contributed by atoms with van der Waals surface area (Å²) in [4.78, 5) is 0. The lowest BCUT2D eigenvalue weighted by molar-refractivity contribution is 0.107. The van der Waals surface area contributed by atoms with Crippen molar-refractivity contribution in [1.29, 1.82) is 0 Å². The monoisotopic (exact) mass is 233 g/mol. The van der Waals surface area contributed by atoms with Crippen LogP contribution in [0.25, 0.3) is 0 Å². The Labute approximate surface area is 104 Å². The zero-order chi connectivity index (χ0) is 12.1. The van der Waals surface area contributed by atoms with E-state index in [4.69, 9.17) is 4.74 Å². The van der Waals surface area contributed by atoms with Crippen LogP contribution in [-0.4, -0.2) is 25.8 Å². The molecule has 17 heavy (non-hydrogen) atoms. The minimum Gasteiger partial charge on any atom is -0.381 e. The highest BCUT2D eigenvalue weighted by Gasteiger charge is 2.24. The Balaban J connectivity index is 1.75. The molecule has 0 aromatic heterocycles. The first kappa shape index (κ1) is 12.6. The van der Waals surface area contributed by atoms with Gasteiger partial charge in [-0.2, -0.15) is 0 Å². The maximum atomic E-state index is 5.39. The summed E-state index contributed by atoms with van der Waals surface area (Å²) in [5.74, 6) is 0.581. The summed E-state index contributed by atoms with van der Waals surface area (Å²) in [6, 6.07) is 11.4. The fourth-order valence-electron chi connectivity index (χ4n) is 2.58. The molecule has 0 saturated heterocycles. The topological polar surface area (TPSA) is 21.3 Å². The second-order valence-corrected chi connectivity index (χ2v) is 5.09. The van der Waals surface area contributed by atoms with E-state index in [9.17, 15) is 0 Å². The molecule has 1 fully saturated rings. The van der Waals surface area contributed by atoms with E-state index < -0.39 is 0 Å². The molecule has 0 radical (unpaired) electrons. The van der Waals surface area contributed by atoms with E-state index in [1.54, 1.807) is 0 Å². The minimum atomic E-state index is 0.472. The predicted octanol–water partition coefficient (Wildman–Crippen LogP) is 2.95.